The van der Waals surface area contributed by atoms with Crippen molar-refractivity contribution >= 4 is 15.9 Å². The van der Waals surface area contributed by atoms with Crippen LogP contribution in [-0.4, -0.2) is 42.7 Å². The molecular formula is C12H17BrN2O. The van der Waals surface area contributed by atoms with Crippen molar-refractivity contribution in [1.82, 2.24) is 9.88 Å². The summed E-state index contributed by atoms with van der Waals surface area (Å²) in [5.41, 5.74) is 1.18. The Hall–Kier alpha value is -0.450. The second-order valence-corrected chi connectivity index (χ2v) is 4.94. The van der Waals surface area contributed by atoms with Crippen molar-refractivity contribution in [3.8, 4) is 0 Å². The SMILES string of the molecule is Brc1ccc(CCCN2CCOCC2)nc1. The molecule has 0 aromatic carbocycles. The van der Waals surface area contributed by atoms with Gasteiger partial charge in [-0.05, 0) is 47.4 Å². The lowest BCUT2D eigenvalue weighted by molar-refractivity contribution is 0.0374. The quantitative estimate of drug-likeness (QED) is 0.847. The molecule has 1 saturated heterocycles. The van der Waals surface area contributed by atoms with Crippen LogP contribution in [0.15, 0.2) is 22.8 Å². The van der Waals surface area contributed by atoms with Crippen molar-refractivity contribution < 1.29 is 4.74 Å². The highest BCUT2D eigenvalue weighted by Gasteiger charge is 2.09. The Kier molecular flexibility index (Phi) is 4.75. The van der Waals surface area contributed by atoms with Crippen LogP contribution in [0.1, 0.15) is 12.1 Å². The predicted octanol–water partition coefficient (Wildman–Crippen LogP) is 2.11. The lowest BCUT2D eigenvalue weighted by Crippen LogP contribution is -2.36. The number of ether oxygens (including phenoxy) is 1. The third-order valence-electron chi connectivity index (χ3n) is 2.80. The Balaban J connectivity index is 1.69. The number of hydrogen-bond acceptors (Lipinski definition) is 3. The van der Waals surface area contributed by atoms with Crippen LogP contribution in [0.3, 0.4) is 0 Å². The molecule has 2 rings (SSSR count). The number of pyridine rings is 1. The molecule has 1 aromatic heterocycles. The molecule has 2 heterocycles. The molecule has 0 N–H and O–H groups in total. The van der Waals surface area contributed by atoms with Crippen molar-refractivity contribution in [2.24, 2.45) is 0 Å². The minimum atomic E-state index is 0.885. The molecule has 0 atom stereocenters. The number of rotatable bonds is 4. The van der Waals surface area contributed by atoms with E-state index < -0.39 is 0 Å². The van der Waals surface area contributed by atoms with E-state index in [1.807, 2.05) is 6.20 Å². The monoisotopic (exact) mass is 284 g/mol. The van der Waals surface area contributed by atoms with Crippen LogP contribution in [0.5, 0.6) is 0 Å². The molecule has 88 valence electrons. The van der Waals surface area contributed by atoms with Crippen molar-refractivity contribution in [2.75, 3.05) is 32.8 Å². The van der Waals surface area contributed by atoms with Crippen LogP contribution in [-0.2, 0) is 11.2 Å². The van der Waals surface area contributed by atoms with E-state index in [4.69, 9.17) is 4.74 Å². The fraction of sp³-hybridized carbons (Fsp3) is 0.583. The third kappa shape index (κ3) is 3.85. The summed E-state index contributed by atoms with van der Waals surface area (Å²) in [7, 11) is 0. The number of morpholine rings is 1. The van der Waals surface area contributed by atoms with Gasteiger partial charge in [-0.15, -0.1) is 0 Å². The maximum Gasteiger partial charge on any atom is 0.0594 e. The first-order valence-electron chi connectivity index (χ1n) is 5.75. The fourth-order valence-corrected chi connectivity index (χ4v) is 2.10. The first-order valence-corrected chi connectivity index (χ1v) is 6.54. The summed E-state index contributed by atoms with van der Waals surface area (Å²) in [4.78, 5) is 6.83. The lowest BCUT2D eigenvalue weighted by Gasteiger charge is -2.26. The van der Waals surface area contributed by atoms with Gasteiger partial charge in [0.05, 0.1) is 13.2 Å². The normalized spacial score (nSPS) is 17.6. The first kappa shape index (κ1) is 12.0. The van der Waals surface area contributed by atoms with E-state index >= 15 is 0 Å². The van der Waals surface area contributed by atoms with Gasteiger partial charge in [0.1, 0.15) is 0 Å². The molecule has 0 bridgehead atoms. The van der Waals surface area contributed by atoms with Crippen LogP contribution in [0.2, 0.25) is 0 Å². The fourth-order valence-electron chi connectivity index (χ4n) is 1.86. The topological polar surface area (TPSA) is 25.4 Å². The Labute approximate surface area is 105 Å². The van der Waals surface area contributed by atoms with Crippen LogP contribution >= 0.6 is 15.9 Å². The van der Waals surface area contributed by atoms with E-state index in [1.165, 1.54) is 12.1 Å². The molecule has 0 spiro atoms. The smallest absolute Gasteiger partial charge is 0.0594 e. The van der Waals surface area contributed by atoms with Gasteiger partial charge in [-0.25, -0.2) is 0 Å². The summed E-state index contributed by atoms with van der Waals surface area (Å²) < 4.78 is 6.36. The largest absolute Gasteiger partial charge is 0.379 e. The average molecular weight is 285 g/mol. The van der Waals surface area contributed by atoms with E-state index in [-0.39, 0.29) is 0 Å². The van der Waals surface area contributed by atoms with E-state index in [0.717, 1.165) is 43.7 Å². The van der Waals surface area contributed by atoms with Gasteiger partial charge in [0.25, 0.3) is 0 Å². The van der Waals surface area contributed by atoms with E-state index in [9.17, 15) is 0 Å². The standard InChI is InChI=1S/C12H17BrN2O/c13-11-3-4-12(14-10-11)2-1-5-15-6-8-16-9-7-15/h3-4,10H,1-2,5-9H2. The maximum absolute atomic E-state index is 5.32. The molecule has 0 amide bonds. The van der Waals surface area contributed by atoms with Crippen LogP contribution in [0.25, 0.3) is 0 Å². The van der Waals surface area contributed by atoms with E-state index in [2.05, 4.69) is 37.9 Å². The molecule has 0 saturated carbocycles. The maximum atomic E-state index is 5.32. The summed E-state index contributed by atoms with van der Waals surface area (Å²) in [6, 6.07) is 4.14. The Morgan fingerprint density at radius 1 is 1.31 bits per heavy atom. The zero-order chi connectivity index (χ0) is 11.2. The highest BCUT2D eigenvalue weighted by Crippen LogP contribution is 2.09. The first-order chi connectivity index (χ1) is 7.84. The zero-order valence-electron chi connectivity index (χ0n) is 9.36. The van der Waals surface area contributed by atoms with E-state index in [1.54, 1.807) is 0 Å². The molecular weight excluding hydrogens is 268 g/mol. The van der Waals surface area contributed by atoms with E-state index in [0.29, 0.717) is 0 Å². The second kappa shape index (κ2) is 6.33. The number of aromatic nitrogens is 1. The predicted molar refractivity (Wildman–Crippen MR) is 67.5 cm³/mol. The molecule has 0 unspecified atom stereocenters. The van der Waals surface area contributed by atoms with Crippen molar-refractivity contribution in [3.63, 3.8) is 0 Å². The highest BCUT2D eigenvalue weighted by molar-refractivity contribution is 9.10. The van der Waals surface area contributed by atoms with Gasteiger partial charge >= 0.3 is 0 Å². The number of aryl methyl sites for hydroxylation is 1. The van der Waals surface area contributed by atoms with Gasteiger partial charge in [-0.3, -0.25) is 9.88 Å². The summed E-state index contributed by atoms with van der Waals surface area (Å²) in [5, 5.41) is 0. The Morgan fingerprint density at radius 3 is 2.81 bits per heavy atom. The van der Waals surface area contributed by atoms with Crippen molar-refractivity contribution in [1.29, 1.82) is 0 Å². The van der Waals surface area contributed by atoms with Gasteiger partial charge in [-0.2, -0.15) is 0 Å². The van der Waals surface area contributed by atoms with Crippen LogP contribution < -0.4 is 0 Å². The lowest BCUT2D eigenvalue weighted by atomic mass is 10.2. The Bertz CT molecular complexity index is 309. The molecule has 16 heavy (non-hydrogen) atoms. The van der Waals surface area contributed by atoms with Gasteiger partial charge < -0.3 is 4.74 Å². The molecule has 1 fully saturated rings. The molecule has 3 nitrogen and oxygen atoms in total. The molecule has 1 aliphatic rings. The highest BCUT2D eigenvalue weighted by atomic mass is 79.9. The minimum Gasteiger partial charge on any atom is -0.379 e. The van der Waals surface area contributed by atoms with Gasteiger partial charge in [0.15, 0.2) is 0 Å². The van der Waals surface area contributed by atoms with Gasteiger partial charge in [0.2, 0.25) is 0 Å². The minimum absolute atomic E-state index is 0.885. The number of nitrogens with zero attached hydrogens (tertiary/aromatic N) is 2. The van der Waals surface area contributed by atoms with Gasteiger partial charge in [-0.1, -0.05) is 0 Å². The summed E-state index contributed by atoms with van der Waals surface area (Å²) in [5.74, 6) is 0. The van der Waals surface area contributed by atoms with Crippen molar-refractivity contribution in [2.45, 2.75) is 12.8 Å². The summed E-state index contributed by atoms with van der Waals surface area (Å²) in [6.45, 7) is 5.08. The molecule has 1 aliphatic heterocycles. The second-order valence-electron chi connectivity index (χ2n) is 4.03. The van der Waals surface area contributed by atoms with Crippen molar-refractivity contribution in [3.05, 3.63) is 28.5 Å². The van der Waals surface area contributed by atoms with Gasteiger partial charge in [0, 0.05) is 29.5 Å². The molecule has 4 heteroatoms. The zero-order valence-corrected chi connectivity index (χ0v) is 10.9. The summed E-state index contributed by atoms with van der Waals surface area (Å²) in [6.07, 6.45) is 4.10. The van der Waals surface area contributed by atoms with Crippen LogP contribution in [0, 0.1) is 0 Å². The molecule has 0 radical (unpaired) electrons. The molecule has 0 aliphatic carbocycles. The summed E-state index contributed by atoms with van der Waals surface area (Å²) >= 11 is 3.39. The molecule has 1 aromatic rings. The number of halogens is 1. The Morgan fingerprint density at radius 2 is 2.12 bits per heavy atom. The number of hydrogen-bond donors (Lipinski definition) is 0. The average Bonchev–Trinajstić information content (AvgIpc) is 2.33. The third-order valence-corrected chi connectivity index (χ3v) is 3.27. The van der Waals surface area contributed by atoms with Crippen LogP contribution in [0.4, 0.5) is 0 Å².